The molecule has 1 aromatic heterocycles. The minimum absolute atomic E-state index is 0.0146. The highest BCUT2D eigenvalue weighted by Gasteiger charge is 2.01. The number of aromatic amines is 1. The first-order chi connectivity index (χ1) is 6.63. The first-order valence-electron chi connectivity index (χ1n) is 5.05. The van der Waals surface area contributed by atoms with Crippen LogP contribution in [0.1, 0.15) is 31.5 Å². The van der Waals surface area contributed by atoms with Crippen molar-refractivity contribution in [1.29, 1.82) is 0 Å². The molecular formula is C11H18N2O. The Balaban J connectivity index is 2.64. The van der Waals surface area contributed by atoms with E-state index in [9.17, 15) is 4.79 Å². The summed E-state index contributed by atoms with van der Waals surface area (Å²) >= 11 is 0. The van der Waals surface area contributed by atoms with E-state index in [-0.39, 0.29) is 5.56 Å². The highest BCUT2D eigenvalue weighted by Crippen LogP contribution is 1.95. The summed E-state index contributed by atoms with van der Waals surface area (Å²) in [5.74, 6) is 0. The molecule has 0 bridgehead atoms. The first-order valence-corrected chi connectivity index (χ1v) is 5.05. The van der Waals surface area contributed by atoms with Gasteiger partial charge >= 0.3 is 0 Å². The molecule has 0 amide bonds. The van der Waals surface area contributed by atoms with Gasteiger partial charge in [-0.1, -0.05) is 13.0 Å². The molecule has 0 radical (unpaired) electrons. The van der Waals surface area contributed by atoms with Crippen LogP contribution in [0.25, 0.3) is 0 Å². The van der Waals surface area contributed by atoms with E-state index in [1.807, 2.05) is 19.1 Å². The van der Waals surface area contributed by atoms with Crippen molar-refractivity contribution in [3.8, 4) is 0 Å². The van der Waals surface area contributed by atoms with Crippen LogP contribution in [0.3, 0.4) is 0 Å². The molecule has 3 nitrogen and oxygen atoms in total. The molecule has 0 fully saturated rings. The van der Waals surface area contributed by atoms with Gasteiger partial charge < -0.3 is 10.3 Å². The highest BCUT2D eigenvalue weighted by atomic mass is 16.1. The minimum Gasteiger partial charge on any atom is -0.326 e. The van der Waals surface area contributed by atoms with Gasteiger partial charge in [0.1, 0.15) is 0 Å². The smallest absolute Gasteiger partial charge is 0.252 e. The number of aryl methyl sites for hydroxylation is 1. The number of H-pyrrole nitrogens is 1. The molecule has 0 aromatic carbocycles. The van der Waals surface area contributed by atoms with Crippen LogP contribution in [0.15, 0.2) is 16.9 Å². The second-order valence-electron chi connectivity index (χ2n) is 3.69. The van der Waals surface area contributed by atoms with Crippen LogP contribution in [-0.4, -0.2) is 11.0 Å². The van der Waals surface area contributed by atoms with Crippen LogP contribution < -0.4 is 10.9 Å². The molecule has 2 N–H and O–H groups in total. The number of nitrogens with one attached hydrogen (secondary N) is 2. The summed E-state index contributed by atoms with van der Waals surface area (Å²) in [6, 6.07) is 4.26. The third-order valence-corrected chi connectivity index (χ3v) is 2.39. The average Bonchev–Trinajstić information content (AvgIpc) is 2.16. The Morgan fingerprint density at radius 2 is 2.21 bits per heavy atom. The Labute approximate surface area is 84.6 Å². The molecule has 1 heterocycles. The second-order valence-corrected chi connectivity index (χ2v) is 3.69. The van der Waals surface area contributed by atoms with Crippen molar-refractivity contribution in [2.75, 3.05) is 0 Å². The molecule has 0 spiro atoms. The fourth-order valence-electron chi connectivity index (χ4n) is 1.17. The van der Waals surface area contributed by atoms with E-state index in [1.165, 1.54) is 0 Å². The first kappa shape index (κ1) is 11.0. The zero-order chi connectivity index (χ0) is 10.6. The van der Waals surface area contributed by atoms with Crippen LogP contribution in [0.5, 0.6) is 0 Å². The molecule has 0 saturated carbocycles. The molecular weight excluding hydrogens is 176 g/mol. The third kappa shape index (κ3) is 3.00. The number of aromatic nitrogens is 1. The molecule has 0 aliphatic carbocycles. The van der Waals surface area contributed by atoms with E-state index in [0.717, 1.165) is 17.7 Å². The number of hydrogen-bond donors (Lipinski definition) is 2. The van der Waals surface area contributed by atoms with Gasteiger partial charge in [-0.05, 0) is 26.3 Å². The molecule has 14 heavy (non-hydrogen) atoms. The largest absolute Gasteiger partial charge is 0.326 e. The second kappa shape index (κ2) is 4.96. The molecule has 0 aliphatic heterocycles. The van der Waals surface area contributed by atoms with Gasteiger partial charge in [-0.3, -0.25) is 4.79 Å². The van der Waals surface area contributed by atoms with Crippen LogP contribution in [0.4, 0.5) is 0 Å². The number of rotatable bonds is 4. The maximum Gasteiger partial charge on any atom is 0.252 e. The van der Waals surface area contributed by atoms with Crippen molar-refractivity contribution in [1.82, 2.24) is 10.3 Å². The van der Waals surface area contributed by atoms with Gasteiger partial charge in [0.05, 0.1) is 0 Å². The molecule has 1 atom stereocenters. The predicted molar refractivity (Wildman–Crippen MR) is 58.4 cm³/mol. The van der Waals surface area contributed by atoms with Gasteiger partial charge in [0.2, 0.25) is 0 Å². The van der Waals surface area contributed by atoms with Crippen LogP contribution in [0, 0.1) is 6.92 Å². The maximum absolute atomic E-state index is 11.4. The molecule has 0 aliphatic rings. The summed E-state index contributed by atoms with van der Waals surface area (Å²) in [5, 5.41) is 3.29. The van der Waals surface area contributed by atoms with Crippen LogP contribution in [0.2, 0.25) is 0 Å². The molecule has 1 aromatic rings. The Hall–Kier alpha value is -1.09. The number of hydrogen-bond acceptors (Lipinski definition) is 2. The van der Waals surface area contributed by atoms with Gasteiger partial charge in [0, 0.05) is 23.8 Å². The van der Waals surface area contributed by atoms with Crippen molar-refractivity contribution in [2.24, 2.45) is 0 Å². The summed E-state index contributed by atoms with van der Waals surface area (Å²) in [5.41, 5.74) is 1.72. The summed E-state index contributed by atoms with van der Waals surface area (Å²) < 4.78 is 0. The highest BCUT2D eigenvalue weighted by molar-refractivity contribution is 5.13. The van der Waals surface area contributed by atoms with Crippen molar-refractivity contribution in [2.45, 2.75) is 39.8 Å². The van der Waals surface area contributed by atoms with Gasteiger partial charge in [-0.15, -0.1) is 0 Å². The quantitative estimate of drug-likeness (QED) is 0.764. The van der Waals surface area contributed by atoms with Crippen LogP contribution in [-0.2, 0) is 6.54 Å². The fourth-order valence-corrected chi connectivity index (χ4v) is 1.17. The molecule has 0 saturated heterocycles. The van der Waals surface area contributed by atoms with E-state index in [4.69, 9.17) is 0 Å². The lowest BCUT2D eigenvalue weighted by molar-refractivity contribution is 0.532. The van der Waals surface area contributed by atoms with Crippen molar-refractivity contribution in [3.63, 3.8) is 0 Å². The molecule has 78 valence electrons. The fraction of sp³-hybridized carbons (Fsp3) is 0.545. The lowest BCUT2D eigenvalue weighted by atomic mass is 10.2. The third-order valence-electron chi connectivity index (χ3n) is 2.39. The topological polar surface area (TPSA) is 44.9 Å². The molecule has 3 heteroatoms. The predicted octanol–water partition coefficient (Wildman–Crippen LogP) is 1.57. The van der Waals surface area contributed by atoms with E-state index in [1.54, 1.807) is 0 Å². The summed E-state index contributed by atoms with van der Waals surface area (Å²) in [7, 11) is 0. The normalized spacial score (nSPS) is 12.8. The summed E-state index contributed by atoms with van der Waals surface area (Å²) in [6.07, 6.45) is 1.07. The van der Waals surface area contributed by atoms with Gasteiger partial charge in [0.15, 0.2) is 0 Å². The lowest BCUT2D eigenvalue weighted by Gasteiger charge is -2.10. The minimum atomic E-state index is 0.0146. The Bertz CT molecular complexity index is 343. The Morgan fingerprint density at radius 3 is 2.79 bits per heavy atom. The summed E-state index contributed by atoms with van der Waals surface area (Å²) in [6.45, 7) is 6.76. The van der Waals surface area contributed by atoms with Gasteiger partial charge in [0.25, 0.3) is 5.56 Å². The van der Waals surface area contributed by atoms with Crippen LogP contribution >= 0.6 is 0 Å². The van der Waals surface area contributed by atoms with Gasteiger partial charge in [-0.2, -0.15) is 0 Å². The Morgan fingerprint density at radius 1 is 1.50 bits per heavy atom. The average molecular weight is 194 g/mol. The van der Waals surface area contributed by atoms with E-state index < -0.39 is 0 Å². The van der Waals surface area contributed by atoms with Crippen molar-refractivity contribution >= 4 is 0 Å². The van der Waals surface area contributed by atoms with Gasteiger partial charge in [-0.25, -0.2) is 0 Å². The molecule has 1 unspecified atom stereocenters. The number of pyridine rings is 1. The molecule has 1 rings (SSSR count). The Kier molecular flexibility index (Phi) is 3.89. The van der Waals surface area contributed by atoms with E-state index in [0.29, 0.717) is 12.6 Å². The SMILES string of the molecule is CCC(C)NCc1ccc(C)[nH]c1=O. The maximum atomic E-state index is 11.4. The summed E-state index contributed by atoms with van der Waals surface area (Å²) in [4.78, 5) is 14.2. The standard InChI is InChI=1S/C11H18N2O/c1-4-8(2)12-7-10-6-5-9(3)13-11(10)14/h5-6,8,12H,4,7H2,1-3H3,(H,13,14). The zero-order valence-corrected chi connectivity index (χ0v) is 9.05. The van der Waals surface area contributed by atoms with Crippen molar-refractivity contribution < 1.29 is 0 Å². The monoisotopic (exact) mass is 194 g/mol. The van der Waals surface area contributed by atoms with Crippen molar-refractivity contribution in [3.05, 3.63) is 33.7 Å². The van der Waals surface area contributed by atoms with E-state index in [2.05, 4.69) is 24.1 Å². The zero-order valence-electron chi connectivity index (χ0n) is 9.05. The lowest BCUT2D eigenvalue weighted by Crippen LogP contribution is -2.28. The van der Waals surface area contributed by atoms with E-state index >= 15 is 0 Å².